The second-order valence-electron chi connectivity index (χ2n) is 6.74. The number of nitrogens with one attached hydrogen (secondary N) is 1. The van der Waals surface area contributed by atoms with Crippen LogP contribution in [-0.2, 0) is 4.79 Å². The molecule has 4 nitrogen and oxygen atoms in total. The Labute approximate surface area is 107 Å². The summed E-state index contributed by atoms with van der Waals surface area (Å²) in [5.41, 5.74) is -0.892. The predicted octanol–water partition coefficient (Wildman–Crippen LogP) is 0.733. The van der Waals surface area contributed by atoms with Gasteiger partial charge in [0.05, 0.1) is 11.2 Å². The van der Waals surface area contributed by atoms with Crippen molar-refractivity contribution in [2.45, 2.75) is 56.3 Å². The van der Waals surface area contributed by atoms with Crippen molar-refractivity contribution in [3.63, 3.8) is 0 Å². The Hall–Kier alpha value is -0.870. The van der Waals surface area contributed by atoms with Gasteiger partial charge in [0.15, 0.2) is 0 Å². The maximum Gasteiger partial charge on any atom is 0.246 e. The first-order valence-corrected chi connectivity index (χ1v) is 6.71. The van der Waals surface area contributed by atoms with Gasteiger partial charge in [0, 0.05) is 18.0 Å². The van der Waals surface area contributed by atoms with Crippen LogP contribution in [0.25, 0.3) is 0 Å². The zero-order valence-corrected chi connectivity index (χ0v) is 10.8. The highest BCUT2D eigenvalue weighted by Crippen LogP contribution is 2.57. The molecule has 0 radical (unpaired) electrons. The van der Waals surface area contributed by atoms with Gasteiger partial charge in [-0.05, 0) is 44.4 Å². The topological polar surface area (TPSA) is 69.6 Å². The summed E-state index contributed by atoms with van der Waals surface area (Å²) >= 11 is 0. The normalized spacial score (nSPS) is 49.2. The van der Waals surface area contributed by atoms with E-state index in [2.05, 4.69) is 11.9 Å². The number of aliphatic hydroxyl groups is 2. The molecule has 4 bridgehead atoms. The Morgan fingerprint density at radius 3 is 2.00 bits per heavy atom. The highest BCUT2D eigenvalue weighted by molar-refractivity contribution is 5.92. The van der Waals surface area contributed by atoms with E-state index < -0.39 is 11.2 Å². The van der Waals surface area contributed by atoms with Crippen molar-refractivity contribution in [2.24, 2.45) is 11.8 Å². The molecule has 4 fully saturated rings. The first-order chi connectivity index (χ1) is 8.30. The first kappa shape index (κ1) is 12.2. The number of carbonyl (C=O) groups excluding carboxylic acids is 1. The van der Waals surface area contributed by atoms with E-state index in [9.17, 15) is 15.0 Å². The van der Waals surface area contributed by atoms with Crippen LogP contribution >= 0.6 is 0 Å². The van der Waals surface area contributed by atoms with Crippen molar-refractivity contribution < 1.29 is 15.0 Å². The van der Waals surface area contributed by atoms with Gasteiger partial charge in [0.1, 0.15) is 0 Å². The van der Waals surface area contributed by atoms with Crippen molar-refractivity contribution in [3.05, 3.63) is 12.2 Å². The minimum Gasteiger partial charge on any atom is -0.390 e. The summed E-state index contributed by atoms with van der Waals surface area (Å²) in [5, 5.41) is 23.9. The van der Waals surface area contributed by atoms with Crippen molar-refractivity contribution in [2.75, 3.05) is 0 Å². The van der Waals surface area contributed by atoms with Gasteiger partial charge in [0.2, 0.25) is 5.91 Å². The maximum absolute atomic E-state index is 11.8. The van der Waals surface area contributed by atoms with Crippen molar-refractivity contribution in [3.8, 4) is 0 Å². The Balaban J connectivity index is 1.80. The SMILES string of the molecule is C=C(C)C(=O)NC1C2CC3(O)CC1CC(O)(C2)C3. The molecule has 1 amide bonds. The molecule has 4 rings (SSSR count). The maximum atomic E-state index is 11.8. The summed E-state index contributed by atoms with van der Waals surface area (Å²) in [6.45, 7) is 5.36. The Bertz CT molecular complexity index is 381. The summed E-state index contributed by atoms with van der Waals surface area (Å²) in [6.07, 6.45) is 3.31. The molecular formula is C14H21NO3. The quantitative estimate of drug-likeness (QED) is 0.634. The average Bonchev–Trinajstić information content (AvgIpc) is 2.19. The van der Waals surface area contributed by atoms with Gasteiger partial charge in [-0.2, -0.15) is 0 Å². The minimum atomic E-state index is -0.703. The molecule has 0 aromatic carbocycles. The highest BCUT2D eigenvalue weighted by atomic mass is 16.3. The van der Waals surface area contributed by atoms with Crippen LogP contribution in [0.2, 0.25) is 0 Å². The van der Waals surface area contributed by atoms with Gasteiger partial charge < -0.3 is 15.5 Å². The highest BCUT2D eigenvalue weighted by Gasteiger charge is 2.60. The molecule has 3 N–H and O–H groups in total. The molecule has 0 atom stereocenters. The molecule has 0 saturated heterocycles. The van der Waals surface area contributed by atoms with E-state index in [1.807, 2.05) is 0 Å². The van der Waals surface area contributed by atoms with E-state index in [1.54, 1.807) is 6.92 Å². The van der Waals surface area contributed by atoms with Gasteiger partial charge in [-0.3, -0.25) is 4.79 Å². The summed E-state index contributed by atoms with van der Waals surface area (Å²) in [5.74, 6) is 0.292. The molecule has 4 aliphatic carbocycles. The predicted molar refractivity (Wildman–Crippen MR) is 66.7 cm³/mol. The van der Waals surface area contributed by atoms with E-state index in [0.29, 0.717) is 37.7 Å². The molecule has 0 aliphatic heterocycles. The van der Waals surface area contributed by atoms with Gasteiger partial charge in [-0.1, -0.05) is 6.58 Å². The largest absolute Gasteiger partial charge is 0.390 e. The van der Waals surface area contributed by atoms with Crippen LogP contribution in [0.1, 0.15) is 39.0 Å². The van der Waals surface area contributed by atoms with E-state index in [0.717, 1.165) is 0 Å². The van der Waals surface area contributed by atoms with Gasteiger partial charge in [-0.15, -0.1) is 0 Å². The Morgan fingerprint density at radius 2 is 1.61 bits per heavy atom. The molecule has 0 spiro atoms. The van der Waals surface area contributed by atoms with Crippen LogP contribution in [-0.4, -0.2) is 33.4 Å². The van der Waals surface area contributed by atoms with E-state index >= 15 is 0 Å². The summed E-state index contributed by atoms with van der Waals surface area (Å²) in [6, 6.07) is 0.0926. The first-order valence-electron chi connectivity index (χ1n) is 6.71. The molecule has 100 valence electrons. The zero-order chi connectivity index (χ0) is 13.1. The monoisotopic (exact) mass is 251 g/mol. The third-order valence-electron chi connectivity index (χ3n) is 4.93. The minimum absolute atomic E-state index is 0.0926. The van der Waals surface area contributed by atoms with E-state index in [1.165, 1.54) is 0 Å². The molecule has 4 aliphatic rings. The molecule has 4 heteroatoms. The lowest BCUT2D eigenvalue weighted by molar-refractivity contribution is -0.209. The van der Waals surface area contributed by atoms with Crippen molar-refractivity contribution in [1.82, 2.24) is 5.32 Å². The lowest BCUT2D eigenvalue weighted by atomic mass is 9.50. The summed E-state index contributed by atoms with van der Waals surface area (Å²) in [4.78, 5) is 11.8. The molecule has 0 heterocycles. The van der Waals surface area contributed by atoms with E-state index in [4.69, 9.17) is 0 Å². The van der Waals surface area contributed by atoms with Gasteiger partial charge in [-0.25, -0.2) is 0 Å². The summed E-state index contributed by atoms with van der Waals surface area (Å²) < 4.78 is 0. The second-order valence-corrected chi connectivity index (χ2v) is 6.74. The van der Waals surface area contributed by atoms with Crippen LogP contribution in [0.4, 0.5) is 0 Å². The fourth-order valence-electron chi connectivity index (χ4n) is 4.57. The number of rotatable bonds is 2. The molecule has 4 saturated carbocycles. The third kappa shape index (κ3) is 1.79. The molecule has 0 aromatic rings. The number of hydrogen-bond acceptors (Lipinski definition) is 3. The average molecular weight is 251 g/mol. The second kappa shape index (κ2) is 3.58. The van der Waals surface area contributed by atoms with Gasteiger partial charge in [0.25, 0.3) is 0 Å². The lowest BCUT2D eigenvalue weighted by Gasteiger charge is -2.61. The third-order valence-corrected chi connectivity index (χ3v) is 4.93. The van der Waals surface area contributed by atoms with Crippen molar-refractivity contribution in [1.29, 1.82) is 0 Å². The summed E-state index contributed by atoms with van der Waals surface area (Å²) in [7, 11) is 0. The fraction of sp³-hybridized carbons (Fsp3) is 0.786. The number of hydrogen-bond donors (Lipinski definition) is 3. The number of amides is 1. The van der Waals surface area contributed by atoms with Crippen LogP contribution in [0.3, 0.4) is 0 Å². The lowest BCUT2D eigenvalue weighted by Crippen LogP contribution is -2.67. The Kier molecular flexibility index (Phi) is 2.42. The Morgan fingerprint density at radius 1 is 1.17 bits per heavy atom. The van der Waals surface area contributed by atoms with Crippen LogP contribution in [0.5, 0.6) is 0 Å². The molecule has 0 unspecified atom stereocenters. The zero-order valence-electron chi connectivity index (χ0n) is 10.8. The molecule has 18 heavy (non-hydrogen) atoms. The number of carbonyl (C=O) groups is 1. The standard InChI is InChI=1S/C14H21NO3/c1-8(2)12(16)15-11-9-3-13(17)5-10(11)6-14(18,4-9)7-13/h9-11,17-18H,1,3-7H2,2H3,(H,15,16). The van der Waals surface area contributed by atoms with E-state index in [-0.39, 0.29) is 23.8 Å². The van der Waals surface area contributed by atoms with Crippen molar-refractivity contribution >= 4 is 5.91 Å². The van der Waals surface area contributed by atoms with Gasteiger partial charge >= 0.3 is 0 Å². The molecule has 0 aromatic heterocycles. The molecular weight excluding hydrogens is 230 g/mol. The smallest absolute Gasteiger partial charge is 0.246 e. The fourth-order valence-corrected chi connectivity index (χ4v) is 4.57. The van der Waals surface area contributed by atoms with Crippen LogP contribution in [0, 0.1) is 11.8 Å². The van der Waals surface area contributed by atoms with Crippen LogP contribution in [0.15, 0.2) is 12.2 Å². The van der Waals surface area contributed by atoms with Crippen LogP contribution < -0.4 is 5.32 Å².